The predicted octanol–water partition coefficient (Wildman–Crippen LogP) is 14.1. The summed E-state index contributed by atoms with van der Waals surface area (Å²) in [4.78, 5) is 13.9. The number of para-hydroxylation sites is 6. The van der Waals surface area contributed by atoms with Crippen LogP contribution < -0.4 is 9.80 Å². The molecule has 0 aliphatic heterocycles. The van der Waals surface area contributed by atoms with Crippen LogP contribution in [0.3, 0.4) is 0 Å². The van der Waals surface area contributed by atoms with Crippen LogP contribution in [-0.2, 0) is 0 Å². The van der Waals surface area contributed by atoms with Gasteiger partial charge in [-0.1, -0.05) is 60.7 Å². The van der Waals surface area contributed by atoms with Gasteiger partial charge in [-0.2, -0.15) is 0 Å². The van der Waals surface area contributed by atoms with E-state index in [9.17, 15) is 0 Å². The molecule has 0 saturated heterocycles. The Bertz CT molecular complexity index is 2900. The highest BCUT2D eigenvalue weighted by Gasteiger charge is 2.19. The Morgan fingerprint density at radius 2 is 0.667 bits per heavy atom. The first-order chi connectivity index (χ1) is 28.2. The smallest absolute Gasteiger partial charge is 0.227 e. The van der Waals surface area contributed by atoms with E-state index in [1.165, 1.54) is 0 Å². The lowest BCUT2D eigenvalue weighted by Crippen LogP contribution is -2.09. The Morgan fingerprint density at radius 3 is 1.09 bits per heavy atom. The topological polar surface area (TPSA) is 71.7 Å². The van der Waals surface area contributed by atoms with E-state index in [1.807, 2.05) is 60.7 Å². The van der Waals surface area contributed by atoms with E-state index in [0.717, 1.165) is 89.4 Å². The Labute approximate surface area is 327 Å². The van der Waals surface area contributed by atoms with Gasteiger partial charge < -0.3 is 23.1 Å². The highest BCUT2D eigenvalue weighted by atomic mass is 16.4. The van der Waals surface area contributed by atoms with E-state index < -0.39 is 0 Å². The van der Waals surface area contributed by atoms with E-state index in [1.54, 1.807) is 0 Å². The second-order valence-electron chi connectivity index (χ2n) is 13.9. The van der Waals surface area contributed by atoms with Crippen molar-refractivity contribution in [1.82, 2.24) is 9.97 Å². The van der Waals surface area contributed by atoms with Gasteiger partial charge in [0.1, 0.15) is 22.2 Å². The summed E-state index contributed by atoms with van der Waals surface area (Å²) in [6.45, 7) is 0. The van der Waals surface area contributed by atoms with E-state index in [2.05, 4.69) is 143 Å². The molecule has 3 aromatic heterocycles. The van der Waals surface area contributed by atoms with Crippen LogP contribution in [0, 0.1) is 0 Å². The SMILES string of the molecule is c1ccc(N(c2ccc(-c3nc4ccccc4o3)cc2)c2ccc3c(c2)oc2cc(N(c4ccccc4)c4ccc(-c5nc6ccccc6o5)cc4)ccc23)cc1. The van der Waals surface area contributed by atoms with Gasteiger partial charge >= 0.3 is 0 Å². The summed E-state index contributed by atoms with van der Waals surface area (Å²) in [5.41, 5.74) is 12.7. The van der Waals surface area contributed by atoms with Gasteiger partial charge in [0.25, 0.3) is 0 Å². The van der Waals surface area contributed by atoms with Crippen LogP contribution in [0.2, 0.25) is 0 Å². The summed E-state index contributed by atoms with van der Waals surface area (Å²) in [6, 6.07) is 65.9. The Kier molecular flexibility index (Phi) is 7.67. The number of fused-ring (bicyclic) bond motifs is 5. The minimum absolute atomic E-state index is 0.597. The number of benzene rings is 8. The van der Waals surface area contributed by atoms with Gasteiger partial charge in [0.15, 0.2) is 11.2 Å². The minimum atomic E-state index is 0.597. The largest absolute Gasteiger partial charge is 0.456 e. The highest BCUT2D eigenvalue weighted by molar-refractivity contribution is 6.07. The summed E-state index contributed by atoms with van der Waals surface area (Å²) in [6.07, 6.45) is 0. The van der Waals surface area contributed by atoms with Crippen molar-refractivity contribution in [3.05, 3.63) is 194 Å². The highest BCUT2D eigenvalue weighted by Crippen LogP contribution is 2.42. The third kappa shape index (κ3) is 5.86. The molecule has 0 spiro atoms. The molecule has 270 valence electrons. The quantitative estimate of drug-likeness (QED) is 0.154. The predicted molar refractivity (Wildman–Crippen MR) is 229 cm³/mol. The summed E-state index contributed by atoms with van der Waals surface area (Å²) < 4.78 is 18.8. The molecule has 7 heteroatoms. The number of furan rings is 1. The fourth-order valence-corrected chi connectivity index (χ4v) is 7.58. The summed E-state index contributed by atoms with van der Waals surface area (Å²) in [7, 11) is 0. The molecule has 0 amide bonds. The normalized spacial score (nSPS) is 11.5. The maximum Gasteiger partial charge on any atom is 0.227 e. The third-order valence-electron chi connectivity index (χ3n) is 10.3. The van der Waals surface area contributed by atoms with E-state index in [0.29, 0.717) is 11.8 Å². The number of aromatic nitrogens is 2. The molecule has 11 aromatic rings. The van der Waals surface area contributed by atoms with Crippen molar-refractivity contribution in [2.75, 3.05) is 9.80 Å². The molecule has 0 aliphatic rings. The summed E-state index contributed by atoms with van der Waals surface area (Å²) >= 11 is 0. The molecular formula is C50H32N4O3. The lowest BCUT2D eigenvalue weighted by atomic mass is 10.1. The van der Waals surface area contributed by atoms with Gasteiger partial charge in [-0.25, -0.2) is 9.97 Å². The third-order valence-corrected chi connectivity index (χ3v) is 10.3. The number of hydrogen-bond donors (Lipinski definition) is 0. The summed E-state index contributed by atoms with van der Waals surface area (Å²) in [5, 5.41) is 2.10. The molecule has 0 N–H and O–H groups in total. The van der Waals surface area contributed by atoms with Crippen molar-refractivity contribution in [3.63, 3.8) is 0 Å². The van der Waals surface area contributed by atoms with Crippen molar-refractivity contribution in [2.45, 2.75) is 0 Å². The zero-order chi connectivity index (χ0) is 37.7. The van der Waals surface area contributed by atoms with E-state index in [-0.39, 0.29) is 0 Å². The average Bonchev–Trinajstić information content (AvgIpc) is 4.00. The molecule has 0 atom stereocenters. The number of anilines is 6. The van der Waals surface area contributed by atoms with Crippen molar-refractivity contribution < 1.29 is 13.3 Å². The van der Waals surface area contributed by atoms with Crippen molar-refractivity contribution in [2.24, 2.45) is 0 Å². The lowest BCUT2D eigenvalue weighted by molar-refractivity contribution is 0.619. The molecule has 0 saturated carbocycles. The van der Waals surface area contributed by atoms with Gasteiger partial charge in [-0.15, -0.1) is 0 Å². The molecule has 0 radical (unpaired) electrons. The molecule has 0 aliphatic carbocycles. The van der Waals surface area contributed by atoms with Crippen LogP contribution in [0.15, 0.2) is 207 Å². The zero-order valence-corrected chi connectivity index (χ0v) is 30.5. The van der Waals surface area contributed by atoms with E-state index in [4.69, 9.17) is 23.2 Å². The average molecular weight is 737 g/mol. The maximum absolute atomic E-state index is 6.69. The van der Waals surface area contributed by atoms with Gasteiger partial charge in [-0.05, 0) is 121 Å². The zero-order valence-electron chi connectivity index (χ0n) is 30.5. The number of oxazole rings is 2. The Balaban J connectivity index is 0.955. The molecule has 7 nitrogen and oxygen atoms in total. The molecule has 8 aromatic carbocycles. The Morgan fingerprint density at radius 1 is 0.298 bits per heavy atom. The lowest BCUT2D eigenvalue weighted by Gasteiger charge is -2.25. The first-order valence-corrected chi connectivity index (χ1v) is 18.8. The van der Waals surface area contributed by atoms with Crippen LogP contribution in [0.5, 0.6) is 0 Å². The van der Waals surface area contributed by atoms with Gasteiger partial charge in [0.05, 0.1) is 0 Å². The fourth-order valence-electron chi connectivity index (χ4n) is 7.58. The molecule has 57 heavy (non-hydrogen) atoms. The number of nitrogens with zero attached hydrogens (tertiary/aromatic N) is 4. The minimum Gasteiger partial charge on any atom is -0.456 e. The van der Waals surface area contributed by atoms with Crippen LogP contribution >= 0.6 is 0 Å². The van der Waals surface area contributed by atoms with Crippen LogP contribution in [0.1, 0.15) is 0 Å². The molecule has 0 bridgehead atoms. The molecule has 3 heterocycles. The second kappa shape index (κ2) is 13.4. The van der Waals surface area contributed by atoms with E-state index >= 15 is 0 Å². The monoisotopic (exact) mass is 736 g/mol. The fraction of sp³-hybridized carbons (Fsp3) is 0. The van der Waals surface area contributed by atoms with Crippen molar-refractivity contribution >= 4 is 78.3 Å². The second-order valence-corrected chi connectivity index (χ2v) is 13.9. The summed E-state index contributed by atoms with van der Waals surface area (Å²) in [5.74, 6) is 1.19. The van der Waals surface area contributed by atoms with Crippen molar-refractivity contribution in [3.8, 4) is 22.9 Å². The van der Waals surface area contributed by atoms with Gasteiger partial charge in [0, 0.05) is 68.2 Å². The van der Waals surface area contributed by atoms with Crippen LogP contribution in [0.25, 0.3) is 67.0 Å². The van der Waals surface area contributed by atoms with Crippen molar-refractivity contribution in [1.29, 1.82) is 0 Å². The molecule has 0 fully saturated rings. The molecule has 0 unspecified atom stereocenters. The van der Waals surface area contributed by atoms with Crippen LogP contribution in [-0.4, -0.2) is 9.97 Å². The number of hydrogen-bond acceptors (Lipinski definition) is 7. The molecular weight excluding hydrogens is 705 g/mol. The Hall–Kier alpha value is -7.90. The number of rotatable bonds is 8. The first-order valence-electron chi connectivity index (χ1n) is 18.8. The van der Waals surface area contributed by atoms with Gasteiger partial charge in [-0.3, -0.25) is 0 Å². The maximum atomic E-state index is 6.69. The first kappa shape index (κ1) is 32.5. The van der Waals surface area contributed by atoms with Crippen LogP contribution in [0.4, 0.5) is 34.1 Å². The van der Waals surface area contributed by atoms with Gasteiger partial charge in [0.2, 0.25) is 11.8 Å². The molecule has 11 rings (SSSR count). The standard InChI is InChI=1S/C50H32N4O3/c1-3-11-35(12-4-1)53(37-23-19-33(20-24-37)49-51-43-15-7-9-17-45(43)56-49)39-27-29-41-42-30-28-40(32-48(42)55-47(41)31-39)54(36-13-5-2-6-14-36)38-25-21-34(22-26-38)50-52-44-16-8-10-18-46(44)57-50/h1-32H.